The van der Waals surface area contributed by atoms with Crippen molar-refractivity contribution in [3.05, 3.63) is 54.4 Å². The van der Waals surface area contributed by atoms with Gasteiger partial charge in [-0.1, -0.05) is 18.2 Å². The molecular weight excluding hydrogens is 276 g/mol. The molecule has 2 aromatic rings. The van der Waals surface area contributed by atoms with Gasteiger partial charge in [0.15, 0.2) is 0 Å². The second-order valence-corrected chi connectivity index (χ2v) is 5.99. The molecule has 0 spiro atoms. The molecule has 1 atom stereocenters. The topological polar surface area (TPSA) is 34.5 Å². The maximum Gasteiger partial charge on any atom is 0.270 e. The van der Waals surface area contributed by atoms with Crippen molar-refractivity contribution in [2.24, 2.45) is 0 Å². The van der Waals surface area contributed by atoms with Crippen LogP contribution < -0.4 is 4.74 Å². The monoisotopic (exact) mass is 298 g/mol. The summed E-state index contributed by atoms with van der Waals surface area (Å²) in [4.78, 5) is 14.6. The number of hydrogen-bond acceptors (Lipinski definition) is 2. The molecule has 4 heteroatoms. The van der Waals surface area contributed by atoms with Crippen LogP contribution in [0.15, 0.2) is 48.7 Å². The van der Waals surface area contributed by atoms with Gasteiger partial charge in [0.1, 0.15) is 17.5 Å². The molecule has 22 heavy (non-hydrogen) atoms. The molecule has 1 saturated heterocycles. The molecule has 3 rings (SSSR count). The number of carbonyl (C=O) groups is 1. The van der Waals surface area contributed by atoms with Gasteiger partial charge in [-0.05, 0) is 38.1 Å². The minimum atomic E-state index is 0.0776. The van der Waals surface area contributed by atoms with Crippen LogP contribution >= 0.6 is 0 Å². The van der Waals surface area contributed by atoms with Crippen molar-refractivity contribution >= 4 is 5.91 Å². The highest BCUT2D eigenvalue weighted by atomic mass is 16.5. The highest BCUT2D eigenvalue weighted by molar-refractivity contribution is 5.93. The van der Waals surface area contributed by atoms with Gasteiger partial charge < -0.3 is 14.2 Å². The summed E-state index contributed by atoms with van der Waals surface area (Å²) < 4.78 is 7.97. The van der Waals surface area contributed by atoms with E-state index < -0.39 is 0 Å². The van der Waals surface area contributed by atoms with Crippen molar-refractivity contribution in [3.8, 4) is 5.75 Å². The van der Waals surface area contributed by atoms with Crippen LogP contribution in [0.25, 0.3) is 0 Å². The smallest absolute Gasteiger partial charge is 0.270 e. The maximum absolute atomic E-state index is 12.7. The summed E-state index contributed by atoms with van der Waals surface area (Å²) in [6.07, 6.45) is 2.92. The van der Waals surface area contributed by atoms with Crippen LogP contribution in [0.3, 0.4) is 0 Å². The molecule has 1 aliphatic heterocycles. The molecule has 1 fully saturated rings. The van der Waals surface area contributed by atoms with Gasteiger partial charge in [0.05, 0.1) is 6.54 Å². The molecule has 0 unspecified atom stereocenters. The summed E-state index contributed by atoms with van der Waals surface area (Å²) in [7, 11) is 0. The summed E-state index contributed by atoms with van der Waals surface area (Å²) in [6.45, 7) is 5.57. The number of ether oxygens (including phenoxy) is 1. The first-order chi connectivity index (χ1) is 10.6. The van der Waals surface area contributed by atoms with Crippen molar-refractivity contribution in [1.82, 2.24) is 9.47 Å². The largest absolute Gasteiger partial charge is 0.489 e. The molecule has 1 amide bonds. The number of amides is 1. The number of likely N-dealkylation sites (tertiary alicyclic amines) is 1. The number of nitrogens with zero attached hydrogens (tertiary/aromatic N) is 2. The van der Waals surface area contributed by atoms with Crippen LogP contribution in [0, 0.1) is 0 Å². The number of para-hydroxylation sites is 1. The Kier molecular flexibility index (Phi) is 4.18. The number of aromatic nitrogens is 1. The minimum absolute atomic E-state index is 0.0776. The summed E-state index contributed by atoms with van der Waals surface area (Å²) in [5.74, 6) is 0.963. The quantitative estimate of drug-likeness (QED) is 0.867. The Bertz CT molecular complexity index is 634. The Hall–Kier alpha value is -2.23. The molecule has 0 saturated carbocycles. The Morgan fingerprint density at radius 3 is 2.68 bits per heavy atom. The highest BCUT2D eigenvalue weighted by Gasteiger charge is 2.29. The first-order valence-electron chi connectivity index (χ1n) is 7.83. The fourth-order valence-corrected chi connectivity index (χ4v) is 2.89. The highest BCUT2D eigenvalue weighted by Crippen LogP contribution is 2.21. The van der Waals surface area contributed by atoms with Crippen molar-refractivity contribution in [2.45, 2.75) is 32.4 Å². The third-order valence-electron chi connectivity index (χ3n) is 4.03. The second kappa shape index (κ2) is 6.26. The number of benzene rings is 1. The third kappa shape index (κ3) is 3.01. The van der Waals surface area contributed by atoms with E-state index >= 15 is 0 Å². The molecule has 0 aliphatic carbocycles. The summed E-state index contributed by atoms with van der Waals surface area (Å²) in [5.41, 5.74) is 0.760. The molecule has 1 aromatic heterocycles. The molecule has 0 bridgehead atoms. The third-order valence-corrected chi connectivity index (χ3v) is 4.03. The summed E-state index contributed by atoms with van der Waals surface area (Å²) in [5, 5.41) is 0. The summed E-state index contributed by atoms with van der Waals surface area (Å²) in [6, 6.07) is 13.9. The van der Waals surface area contributed by atoms with E-state index in [0.29, 0.717) is 6.54 Å². The Morgan fingerprint density at radius 2 is 1.95 bits per heavy atom. The van der Waals surface area contributed by atoms with E-state index in [2.05, 4.69) is 13.8 Å². The lowest BCUT2D eigenvalue weighted by molar-refractivity contribution is 0.0760. The molecule has 1 aromatic carbocycles. The van der Waals surface area contributed by atoms with Gasteiger partial charge in [-0.2, -0.15) is 0 Å². The van der Waals surface area contributed by atoms with E-state index in [9.17, 15) is 4.79 Å². The predicted octanol–water partition coefficient (Wildman–Crippen LogP) is 3.36. The van der Waals surface area contributed by atoms with Crippen molar-refractivity contribution in [3.63, 3.8) is 0 Å². The normalized spacial score (nSPS) is 18.0. The minimum Gasteiger partial charge on any atom is -0.489 e. The average molecular weight is 298 g/mol. The van der Waals surface area contributed by atoms with Crippen LogP contribution in [0.2, 0.25) is 0 Å². The van der Waals surface area contributed by atoms with E-state index in [-0.39, 0.29) is 18.1 Å². The van der Waals surface area contributed by atoms with Gasteiger partial charge >= 0.3 is 0 Å². The molecule has 116 valence electrons. The van der Waals surface area contributed by atoms with Crippen LogP contribution in [0.1, 0.15) is 36.8 Å². The number of rotatable bonds is 4. The molecule has 4 nitrogen and oxygen atoms in total. The molecule has 0 N–H and O–H groups in total. The van der Waals surface area contributed by atoms with Crippen molar-refractivity contribution in [1.29, 1.82) is 0 Å². The van der Waals surface area contributed by atoms with E-state index in [1.807, 2.05) is 58.1 Å². The van der Waals surface area contributed by atoms with Crippen molar-refractivity contribution in [2.75, 3.05) is 13.1 Å². The standard InChI is InChI=1S/C18H22N2O2/c1-14(2)20-11-6-9-17(20)18(21)19-12-10-16(13-19)22-15-7-4-3-5-8-15/h3-9,11,14,16H,10,12-13H2,1-2H3/t16-/m1/s1. The zero-order valence-corrected chi connectivity index (χ0v) is 13.1. The van der Waals surface area contributed by atoms with E-state index in [0.717, 1.165) is 24.4 Å². The van der Waals surface area contributed by atoms with Gasteiger partial charge in [0.2, 0.25) is 0 Å². The first kappa shape index (κ1) is 14.7. The van der Waals surface area contributed by atoms with Crippen molar-refractivity contribution < 1.29 is 9.53 Å². The van der Waals surface area contributed by atoms with Gasteiger partial charge in [-0.15, -0.1) is 0 Å². The van der Waals surface area contributed by atoms with Crippen LogP contribution in [-0.2, 0) is 0 Å². The zero-order chi connectivity index (χ0) is 15.5. The fourth-order valence-electron chi connectivity index (χ4n) is 2.89. The number of carbonyl (C=O) groups excluding carboxylic acids is 1. The summed E-state index contributed by atoms with van der Waals surface area (Å²) >= 11 is 0. The Balaban J connectivity index is 1.65. The second-order valence-electron chi connectivity index (χ2n) is 5.99. The van der Waals surface area contributed by atoms with E-state index in [1.54, 1.807) is 0 Å². The fraction of sp³-hybridized carbons (Fsp3) is 0.389. The van der Waals surface area contributed by atoms with E-state index in [1.165, 1.54) is 0 Å². The molecule has 2 heterocycles. The van der Waals surface area contributed by atoms with Crippen LogP contribution in [-0.4, -0.2) is 34.6 Å². The van der Waals surface area contributed by atoms with Gasteiger partial charge in [0, 0.05) is 25.2 Å². The lowest BCUT2D eigenvalue weighted by Crippen LogP contribution is -2.32. The van der Waals surface area contributed by atoms with Crippen LogP contribution in [0.5, 0.6) is 5.75 Å². The zero-order valence-electron chi connectivity index (χ0n) is 13.1. The lowest BCUT2D eigenvalue weighted by Gasteiger charge is -2.19. The Labute approximate surface area is 131 Å². The van der Waals surface area contributed by atoms with E-state index in [4.69, 9.17) is 4.74 Å². The van der Waals surface area contributed by atoms with Crippen LogP contribution in [0.4, 0.5) is 0 Å². The number of hydrogen-bond donors (Lipinski definition) is 0. The predicted molar refractivity (Wildman–Crippen MR) is 86.2 cm³/mol. The molecular formula is C18H22N2O2. The Morgan fingerprint density at radius 1 is 1.18 bits per heavy atom. The lowest BCUT2D eigenvalue weighted by atomic mass is 10.3. The van der Waals surface area contributed by atoms with Gasteiger partial charge in [-0.3, -0.25) is 4.79 Å². The van der Waals surface area contributed by atoms with Gasteiger partial charge in [0.25, 0.3) is 5.91 Å². The average Bonchev–Trinajstić information content (AvgIpc) is 3.16. The SMILES string of the molecule is CC(C)n1cccc1C(=O)N1CC[C@@H](Oc2ccccc2)C1. The molecule has 0 radical (unpaired) electrons. The maximum atomic E-state index is 12.7. The molecule has 1 aliphatic rings. The van der Waals surface area contributed by atoms with Gasteiger partial charge in [-0.25, -0.2) is 0 Å². The first-order valence-corrected chi connectivity index (χ1v) is 7.83.